The number of hydrogen-bond donors (Lipinski definition) is 1. The van der Waals surface area contributed by atoms with Crippen LogP contribution in [0.2, 0.25) is 0 Å². The molecule has 1 N–H and O–H groups in total. The van der Waals surface area contributed by atoms with Crippen LogP contribution in [0.1, 0.15) is 48.7 Å². The molecule has 1 aliphatic heterocycles. The minimum absolute atomic E-state index is 0.341. The van der Waals surface area contributed by atoms with Crippen LogP contribution in [0.25, 0.3) is 10.9 Å². The van der Waals surface area contributed by atoms with Crippen molar-refractivity contribution in [3.63, 3.8) is 0 Å². The van der Waals surface area contributed by atoms with Gasteiger partial charge in [0.15, 0.2) is 0 Å². The van der Waals surface area contributed by atoms with Crippen LogP contribution < -0.4 is 4.72 Å². The monoisotopic (exact) mass is 349 g/mol. The normalized spacial score (nSPS) is 16.2. The van der Waals surface area contributed by atoms with E-state index in [1.165, 1.54) is 9.87 Å². The molecule has 1 aliphatic rings. The number of aromatic nitrogens is 1. The third-order valence-corrected chi connectivity index (χ3v) is 6.08. The molecule has 0 atom stereocenters. The van der Waals surface area contributed by atoms with Gasteiger partial charge in [-0.25, -0.2) is 4.72 Å². The highest BCUT2D eigenvalue weighted by Crippen LogP contribution is 2.24. The lowest BCUT2D eigenvalue weighted by molar-refractivity contribution is 0.0972. The zero-order valence-corrected chi connectivity index (χ0v) is 15.1. The van der Waals surface area contributed by atoms with E-state index in [2.05, 4.69) is 18.6 Å². The zero-order valence-electron chi connectivity index (χ0n) is 14.2. The van der Waals surface area contributed by atoms with E-state index >= 15 is 0 Å². The number of hydrogen-bond acceptors (Lipinski definition) is 3. The van der Waals surface area contributed by atoms with Crippen molar-refractivity contribution in [3.05, 3.63) is 35.5 Å². The predicted octanol–water partition coefficient (Wildman–Crippen LogP) is 2.37. The van der Waals surface area contributed by atoms with Crippen LogP contribution >= 0.6 is 0 Å². The van der Waals surface area contributed by atoms with Crippen molar-refractivity contribution in [2.45, 2.75) is 32.6 Å². The number of fused-ring (bicyclic) bond motifs is 1. The molecule has 6 nitrogen and oxygen atoms in total. The fourth-order valence-corrected chi connectivity index (χ4v) is 4.31. The van der Waals surface area contributed by atoms with Gasteiger partial charge in [0.05, 0.1) is 0 Å². The van der Waals surface area contributed by atoms with E-state index in [0.29, 0.717) is 24.7 Å². The van der Waals surface area contributed by atoms with Gasteiger partial charge in [0.1, 0.15) is 5.69 Å². The topological polar surface area (TPSA) is 71.4 Å². The molecule has 0 aliphatic carbocycles. The summed E-state index contributed by atoms with van der Waals surface area (Å²) in [7, 11) is -1.99. The van der Waals surface area contributed by atoms with E-state index in [9.17, 15) is 13.2 Å². The quantitative estimate of drug-likeness (QED) is 0.921. The van der Waals surface area contributed by atoms with Gasteiger partial charge in [0.25, 0.3) is 5.91 Å². The number of rotatable bonds is 4. The van der Waals surface area contributed by atoms with Crippen LogP contribution in [0.3, 0.4) is 0 Å². The highest BCUT2D eigenvalue weighted by Gasteiger charge is 2.28. The third-order valence-electron chi connectivity index (χ3n) is 4.59. The lowest BCUT2D eigenvalue weighted by Gasteiger charge is -2.16. The SMILES string of the molecule is CC(C)c1ccc2c(c1)cc(C(=O)NS(=O)(=O)N1CCCC1)n2C. The van der Waals surface area contributed by atoms with Crippen LogP contribution in [0.15, 0.2) is 24.3 Å². The van der Waals surface area contributed by atoms with Crippen molar-refractivity contribution in [2.24, 2.45) is 7.05 Å². The van der Waals surface area contributed by atoms with Crippen molar-refractivity contribution >= 4 is 27.0 Å². The maximum Gasteiger partial charge on any atom is 0.304 e. The van der Waals surface area contributed by atoms with E-state index < -0.39 is 16.1 Å². The first-order valence-electron chi connectivity index (χ1n) is 8.21. The second-order valence-electron chi connectivity index (χ2n) is 6.60. The molecule has 0 radical (unpaired) electrons. The molecule has 1 saturated heterocycles. The molecule has 2 heterocycles. The molecular weight excluding hydrogens is 326 g/mol. The Bertz CT molecular complexity index is 878. The average Bonchev–Trinajstić information content (AvgIpc) is 3.15. The van der Waals surface area contributed by atoms with Crippen molar-refractivity contribution in [3.8, 4) is 0 Å². The predicted molar refractivity (Wildman–Crippen MR) is 94.2 cm³/mol. The Kier molecular flexibility index (Phi) is 4.40. The first-order valence-corrected chi connectivity index (χ1v) is 9.65. The minimum Gasteiger partial charge on any atom is -0.340 e. The summed E-state index contributed by atoms with van der Waals surface area (Å²) in [5, 5.41) is 0.937. The minimum atomic E-state index is -3.76. The number of nitrogens with zero attached hydrogens (tertiary/aromatic N) is 2. The second kappa shape index (κ2) is 6.22. The molecule has 1 fully saturated rings. The van der Waals surface area contributed by atoms with Gasteiger partial charge in [-0.2, -0.15) is 12.7 Å². The molecule has 24 heavy (non-hydrogen) atoms. The van der Waals surface area contributed by atoms with E-state index in [-0.39, 0.29) is 0 Å². The van der Waals surface area contributed by atoms with Crippen LogP contribution in [0.4, 0.5) is 0 Å². The van der Waals surface area contributed by atoms with Gasteiger partial charge in [0.2, 0.25) is 0 Å². The summed E-state index contributed by atoms with van der Waals surface area (Å²) in [5.74, 6) is -0.200. The Morgan fingerprint density at radius 3 is 2.46 bits per heavy atom. The number of nitrogens with one attached hydrogen (secondary N) is 1. The van der Waals surface area contributed by atoms with Gasteiger partial charge < -0.3 is 4.57 Å². The lowest BCUT2D eigenvalue weighted by atomic mass is 10.0. The summed E-state index contributed by atoms with van der Waals surface area (Å²) < 4.78 is 29.8. The molecule has 0 spiro atoms. The van der Waals surface area contributed by atoms with Crippen molar-refractivity contribution in [1.29, 1.82) is 0 Å². The van der Waals surface area contributed by atoms with Gasteiger partial charge in [-0.1, -0.05) is 19.9 Å². The fraction of sp³-hybridized carbons (Fsp3) is 0.471. The fourth-order valence-electron chi connectivity index (χ4n) is 3.11. The molecule has 2 aromatic rings. The Morgan fingerprint density at radius 1 is 1.17 bits per heavy atom. The Balaban J connectivity index is 1.91. The van der Waals surface area contributed by atoms with E-state index in [1.54, 1.807) is 17.7 Å². The number of carbonyl (C=O) groups is 1. The summed E-state index contributed by atoms with van der Waals surface area (Å²) in [4.78, 5) is 12.5. The smallest absolute Gasteiger partial charge is 0.304 e. The molecule has 3 rings (SSSR count). The van der Waals surface area contributed by atoms with Crippen LogP contribution in [-0.2, 0) is 17.3 Å². The highest BCUT2D eigenvalue weighted by atomic mass is 32.2. The summed E-state index contributed by atoms with van der Waals surface area (Å²) in [6.07, 6.45) is 1.67. The molecule has 1 aromatic heterocycles. The number of carbonyl (C=O) groups excluding carboxylic acids is 1. The molecule has 7 heteroatoms. The van der Waals surface area contributed by atoms with E-state index in [0.717, 1.165) is 23.7 Å². The summed E-state index contributed by atoms with van der Waals surface area (Å²) >= 11 is 0. The average molecular weight is 349 g/mol. The number of amides is 1. The molecule has 0 bridgehead atoms. The first-order chi connectivity index (χ1) is 11.3. The van der Waals surface area contributed by atoms with Crippen molar-refractivity contribution in [1.82, 2.24) is 13.6 Å². The van der Waals surface area contributed by atoms with Gasteiger partial charge in [0, 0.05) is 31.0 Å². The van der Waals surface area contributed by atoms with Gasteiger partial charge >= 0.3 is 10.2 Å². The van der Waals surface area contributed by atoms with E-state index in [1.807, 2.05) is 18.2 Å². The van der Waals surface area contributed by atoms with Crippen molar-refractivity contribution < 1.29 is 13.2 Å². The lowest BCUT2D eigenvalue weighted by Crippen LogP contribution is -2.42. The third kappa shape index (κ3) is 3.06. The Morgan fingerprint density at radius 2 is 1.83 bits per heavy atom. The highest BCUT2D eigenvalue weighted by molar-refractivity contribution is 7.87. The van der Waals surface area contributed by atoms with E-state index in [4.69, 9.17) is 0 Å². The number of benzene rings is 1. The zero-order chi connectivity index (χ0) is 17.5. The van der Waals surface area contributed by atoms with Gasteiger partial charge in [-0.3, -0.25) is 4.79 Å². The maximum atomic E-state index is 12.5. The molecule has 1 aromatic carbocycles. The molecule has 0 saturated carbocycles. The molecule has 0 unspecified atom stereocenters. The number of aryl methyl sites for hydroxylation is 1. The first kappa shape index (κ1) is 17.0. The second-order valence-corrected chi connectivity index (χ2v) is 8.27. The van der Waals surface area contributed by atoms with Crippen LogP contribution in [0, 0.1) is 0 Å². The summed E-state index contributed by atoms with van der Waals surface area (Å²) in [6, 6.07) is 7.80. The van der Waals surface area contributed by atoms with Gasteiger partial charge in [-0.15, -0.1) is 0 Å². The Hall–Kier alpha value is -1.86. The summed E-state index contributed by atoms with van der Waals surface area (Å²) in [6.45, 7) is 5.16. The molecular formula is C17H23N3O3S. The van der Waals surface area contributed by atoms with Gasteiger partial charge in [-0.05, 0) is 42.5 Å². The van der Waals surface area contributed by atoms with Crippen LogP contribution in [-0.4, -0.2) is 36.3 Å². The molecule has 1 amide bonds. The standard InChI is InChI=1S/C17H23N3O3S/c1-12(2)13-6-7-15-14(10-13)11-16(19(15)3)17(21)18-24(22,23)20-8-4-5-9-20/h6-7,10-12H,4-5,8-9H2,1-3H3,(H,18,21). The van der Waals surface area contributed by atoms with Crippen molar-refractivity contribution in [2.75, 3.05) is 13.1 Å². The summed E-state index contributed by atoms with van der Waals surface area (Å²) in [5.41, 5.74) is 2.43. The molecule has 130 valence electrons. The largest absolute Gasteiger partial charge is 0.340 e. The maximum absolute atomic E-state index is 12.5. The Labute approximate surface area is 142 Å². The van der Waals surface area contributed by atoms with Crippen LogP contribution in [0.5, 0.6) is 0 Å².